The molecule has 0 amide bonds. The minimum Gasteiger partial charge on any atom is -0.370 e. The number of hydrogen-bond donors (Lipinski definition) is 2. The van der Waals surface area contributed by atoms with Crippen LogP contribution in [0.1, 0.15) is 31.2 Å². The quantitative estimate of drug-likeness (QED) is 0.242. The summed E-state index contributed by atoms with van der Waals surface area (Å²) in [5.41, 5.74) is 8.40. The van der Waals surface area contributed by atoms with Gasteiger partial charge in [0.05, 0.1) is 0 Å². The first-order valence-electron chi connectivity index (χ1n) is 10.2. The van der Waals surface area contributed by atoms with Gasteiger partial charge in [0, 0.05) is 12.2 Å². The van der Waals surface area contributed by atoms with Crippen molar-refractivity contribution in [2.24, 2.45) is 16.6 Å². The lowest BCUT2D eigenvalue weighted by Crippen LogP contribution is -2.35. The van der Waals surface area contributed by atoms with Crippen LogP contribution in [0.15, 0.2) is 65.7 Å². The Morgan fingerprint density at radius 3 is 2.29 bits per heavy atom. The molecule has 28 heavy (non-hydrogen) atoms. The second kappa shape index (κ2) is 12.8. The van der Waals surface area contributed by atoms with Crippen LogP contribution in [-0.2, 0) is 6.42 Å². The predicted molar refractivity (Wildman–Crippen MR) is 131 cm³/mol. The predicted octanol–water partition coefficient (Wildman–Crippen LogP) is 4.77. The van der Waals surface area contributed by atoms with E-state index in [0.717, 1.165) is 24.6 Å². The Kier molecular flexibility index (Phi) is 10.4. The van der Waals surface area contributed by atoms with Gasteiger partial charge >= 0.3 is 0 Å². The van der Waals surface area contributed by atoms with Crippen molar-refractivity contribution in [3.05, 3.63) is 66.2 Å². The molecule has 3 rings (SSSR count). The normalized spacial score (nSPS) is 15.8. The van der Waals surface area contributed by atoms with Gasteiger partial charge < -0.3 is 16.0 Å². The lowest BCUT2D eigenvalue weighted by molar-refractivity contribution is 0.181. The number of piperidine rings is 1. The molecule has 5 heteroatoms. The second-order valence-corrected chi connectivity index (χ2v) is 7.44. The number of anilines is 1. The van der Waals surface area contributed by atoms with Crippen molar-refractivity contribution in [1.29, 1.82) is 0 Å². The van der Waals surface area contributed by atoms with Gasteiger partial charge in [-0.25, -0.2) is 0 Å². The maximum Gasteiger partial charge on any atom is 0.193 e. The molecule has 0 atom stereocenters. The summed E-state index contributed by atoms with van der Waals surface area (Å²) in [7, 11) is 0. The van der Waals surface area contributed by atoms with Crippen LogP contribution in [0.2, 0.25) is 0 Å². The van der Waals surface area contributed by atoms with Crippen molar-refractivity contribution in [2.75, 3.05) is 31.5 Å². The summed E-state index contributed by atoms with van der Waals surface area (Å²) in [5, 5.41) is 3.12. The van der Waals surface area contributed by atoms with Crippen molar-refractivity contribution >= 4 is 35.6 Å². The van der Waals surface area contributed by atoms with Crippen LogP contribution in [0.25, 0.3) is 0 Å². The largest absolute Gasteiger partial charge is 0.370 e. The molecule has 1 heterocycles. The average Bonchev–Trinajstić information content (AvgIpc) is 2.70. The fourth-order valence-electron chi connectivity index (χ4n) is 3.72. The van der Waals surface area contributed by atoms with Gasteiger partial charge in [0.2, 0.25) is 0 Å². The molecule has 2 aromatic carbocycles. The number of benzene rings is 2. The lowest BCUT2D eigenvalue weighted by Gasteiger charge is -2.32. The third-order valence-electron chi connectivity index (χ3n) is 5.29. The molecular formula is C23H33IN4. The van der Waals surface area contributed by atoms with E-state index in [9.17, 15) is 0 Å². The first kappa shape index (κ1) is 22.7. The maximum atomic E-state index is 5.94. The average molecular weight is 492 g/mol. The number of aliphatic imine (C=N–C) groups is 1. The number of rotatable bonds is 8. The summed E-state index contributed by atoms with van der Waals surface area (Å²) in [6, 6.07) is 20.8. The Morgan fingerprint density at radius 1 is 0.964 bits per heavy atom. The second-order valence-electron chi connectivity index (χ2n) is 7.44. The summed E-state index contributed by atoms with van der Waals surface area (Å²) >= 11 is 0. The SMILES string of the molecule is I.NC(=NCCCCN1CCC(Cc2ccccc2)CC1)Nc1ccccc1. The molecule has 0 bridgehead atoms. The van der Waals surface area contributed by atoms with Crippen LogP contribution >= 0.6 is 24.0 Å². The third-order valence-corrected chi connectivity index (χ3v) is 5.29. The highest BCUT2D eigenvalue weighted by molar-refractivity contribution is 14.0. The molecule has 2 aromatic rings. The van der Waals surface area contributed by atoms with E-state index in [1.807, 2.05) is 30.3 Å². The van der Waals surface area contributed by atoms with E-state index >= 15 is 0 Å². The molecule has 0 spiro atoms. The van der Waals surface area contributed by atoms with Crippen molar-refractivity contribution in [3.63, 3.8) is 0 Å². The standard InChI is InChI=1S/C23H32N4.HI/c24-23(26-22-11-5-2-6-12-22)25-15-7-8-16-27-17-13-21(14-18-27)19-20-9-3-1-4-10-20;/h1-6,9-12,21H,7-8,13-19H2,(H3,24,25,26);1H. The van der Waals surface area contributed by atoms with Crippen LogP contribution < -0.4 is 11.1 Å². The molecule has 152 valence electrons. The van der Waals surface area contributed by atoms with Gasteiger partial charge in [-0.3, -0.25) is 4.99 Å². The molecule has 3 N–H and O–H groups in total. The van der Waals surface area contributed by atoms with E-state index in [4.69, 9.17) is 5.73 Å². The number of nitrogens with one attached hydrogen (secondary N) is 1. The Labute approximate surface area is 186 Å². The number of unbranched alkanes of at least 4 members (excludes halogenated alkanes) is 1. The number of halogens is 1. The zero-order valence-electron chi connectivity index (χ0n) is 16.6. The molecule has 0 saturated carbocycles. The van der Waals surface area contributed by atoms with Gasteiger partial charge in [0.15, 0.2) is 5.96 Å². The zero-order chi connectivity index (χ0) is 18.7. The van der Waals surface area contributed by atoms with Crippen LogP contribution in [-0.4, -0.2) is 37.0 Å². The van der Waals surface area contributed by atoms with Crippen molar-refractivity contribution < 1.29 is 0 Å². The number of nitrogens with zero attached hydrogens (tertiary/aromatic N) is 2. The number of guanidine groups is 1. The molecule has 1 aliphatic rings. The van der Waals surface area contributed by atoms with Crippen LogP contribution in [0.5, 0.6) is 0 Å². The minimum absolute atomic E-state index is 0. The summed E-state index contributed by atoms with van der Waals surface area (Å²) < 4.78 is 0. The fourth-order valence-corrected chi connectivity index (χ4v) is 3.72. The first-order chi connectivity index (χ1) is 13.3. The Morgan fingerprint density at radius 2 is 1.61 bits per heavy atom. The number of nitrogens with two attached hydrogens (primary N) is 1. The fraction of sp³-hybridized carbons (Fsp3) is 0.435. The van der Waals surface area contributed by atoms with Crippen molar-refractivity contribution in [2.45, 2.75) is 32.1 Å². The summed E-state index contributed by atoms with van der Waals surface area (Å²) in [6.45, 7) is 4.44. The Balaban J connectivity index is 0.00000280. The van der Waals surface area contributed by atoms with Crippen LogP contribution in [0.4, 0.5) is 5.69 Å². The zero-order valence-corrected chi connectivity index (χ0v) is 18.9. The van der Waals surface area contributed by atoms with Gasteiger partial charge in [-0.1, -0.05) is 48.5 Å². The van der Waals surface area contributed by atoms with Gasteiger partial charge in [-0.05, 0) is 75.4 Å². The molecule has 0 aliphatic carbocycles. The smallest absolute Gasteiger partial charge is 0.193 e. The van der Waals surface area contributed by atoms with E-state index in [0.29, 0.717) is 5.96 Å². The molecule has 0 unspecified atom stereocenters. The molecule has 4 nitrogen and oxygen atoms in total. The van der Waals surface area contributed by atoms with Gasteiger partial charge in [0.1, 0.15) is 0 Å². The maximum absolute atomic E-state index is 5.94. The van der Waals surface area contributed by atoms with E-state index in [-0.39, 0.29) is 24.0 Å². The number of likely N-dealkylation sites (tertiary alicyclic amines) is 1. The van der Waals surface area contributed by atoms with Gasteiger partial charge in [-0.2, -0.15) is 0 Å². The molecule has 0 aromatic heterocycles. The Hall–Kier alpha value is -1.60. The molecular weight excluding hydrogens is 459 g/mol. The molecule has 1 saturated heterocycles. The van der Waals surface area contributed by atoms with Crippen molar-refractivity contribution in [1.82, 2.24) is 4.90 Å². The highest BCUT2D eigenvalue weighted by Gasteiger charge is 2.18. The van der Waals surface area contributed by atoms with Crippen molar-refractivity contribution in [3.8, 4) is 0 Å². The highest BCUT2D eigenvalue weighted by Crippen LogP contribution is 2.21. The summed E-state index contributed by atoms with van der Waals surface area (Å²) in [5.74, 6) is 1.35. The molecule has 1 fully saturated rings. The lowest BCUT2D eigenvalue weighted by atomic mass is 9.90. The number of para-hydroxylation sites is 1. The summed E-state index contributed by atoms with van der Waals surface area (Å²) in [4.78, 5) is 7.03. The van der Waals surface area contributed by atoms with Gasteiger partial charge in [0.25, 0.3) is 0 Å². The molecule has 0 radical (unpaired) electrons. The van der Waals surface area contributed by atoms with E-state index in [2.05, 4.69) is 45.5 Å². The van der Waals surface area contributed by atoms with E-state index in [1.165, 1.54) is 50.9 Å². The number of hydrogen-bond acceptors (Lipinski definition) is 2. The topological polar surface area (TPSA) is 53.6 Å². The monoisotopic (exact) mass is 492 g/mol. The minimum atomic E-state index is 0. The van der Waals surface area contributed by atoms with Crippen LogP contribution in [0, 0.1) is 5.92 Å². The molecule has 1 aliphatic heterocycles. The van der Waals surface area contributed by atoms with E-state index < -0.39 is 0 Å². The van der Waals surface area contributed by atoms with Gasteiger partial charge in [-0.15, -0.1) is 24.0 Å². The third kappa shape index (κ3) is 8.19. The Bertz CT molecular complexity index is 682. The summed E-state index contributed by atoms with van der Waals surface area (Å²) in [6.07, 6.45) is 6.14. The highest BCUT2D eigenvalue weighted by atomic mass is 127. The first-order valence-corrected chi connectivity index (χ1v) is 10.2. The van der Waals surface area contributed by atoms with Crippen LogP contribution in [0.3, 0.4) is 0 Å². The van der Waals surface area contributed by atoms with E-state index in [1.54, 1.807) is 0 Å².